The SMILES string of the molecule is COc1ccc(N2CCN(C(=O)Cc3c(Sc4ccc(F)cc4)[nH]c4ccccc34)CC2)cc1. The first kappa shape index (κ1) is 22.3. The van der Waals surface area contributed by atoms with Gasteiger partial charge in [0.2, 0.25) is 5.91 Å². The molecule has 34 heavy (non-hydrogen) atoms. The van der Waals surface area contributed by atoms with Gasteiger partial charge in [-0.15, -0.1) is 0 Å². The number of para-hydroxylation sites is 1. The predicted octanol–water partition coefficient (Wildman–Crippen LogP) is 5.36. The Bertz CT molecular complexity index is 1280. The Morgan fingerprint density at radius 1 is 0.971 bits per heavy atom. The first-order valence-electron chi connectivity index (χ1n) is 11.3. The standard InChI is InChI=1S/C27H26FN3O2S/c1-33-21-10-8-20(9-11-21)30-14-16-31(17-15-30)26(32)18-24-23-4-2-3-5-25(23)29-27(24)34-22-12-6-19(28)7-13-22/h2-13,29H,14-18H2,1H3. The summed E-state index contributed by atoms with van der Waals surface area (Å²) in [6.45, 7) is 2.97. The van der Waals surface area contributed by atoms with Gasteiger partial charge < -0.3 is 19.5 Å². The van der Waals surface area contributed by atoms with Crippen molar-refractivity contribution in [2.45, 2.75) is 16.3 Å². The number of aromatic amines is 1. The molecular formula is C27H26FN3O2S. The summed E-state index contributed by atoms with van der Waals surface area (Å²) >= 11 is 1.53. The number of methoxy groups -OCH3 is 1. The highest BCUT2D eigenvalue weighted by molar-refractivity contribution is 7.99. The van der Waals surface area contributed by atoms with Crippen molar-refractivity contribution in [2.75, 3.05) is 38.2 Å². The number of hydrogen-bond acceptors (Lipinski definition) is 4. The summed E-state index contributed by atoms with van der Waals surface area (Å²) < 4.78 is 18.6. The number of fused-ring (bicyclic) bond motifs is 1. The lowest BCUT2D eigenvalue weighted by molar-refractivity contribution is -0.130. The Morgan fingerprint density at radius 2 is 1.68 bits per heavy atom. The van der Waals surface area contributed by atoms with E-state index in [9.17, 15) is 9.18 Å². The van der Waals surface area contributed by atoms with Crippen LogP contribution in [0, 0.1) is 5.82 Å². The number of ether oxygens (including phenoxy) is 1. The van der Waals surface area contributed by atoms with Gasteiger partial charge in [-0.05, 0) is 54.6 Å². The summed E-state index contributed by atoms with van der Waals surface area (Å²) in [5, 5.41) is 1.98. The highest BCUT2D eigenvalue weighted by Crippen LogP contribution is 2.35. The van der Waals surface area contributed by atoms with Crippen LogP contribution in [-0.2, 0) is 11.2 Å². The molecule has 1 saturated heterocycles. The average molecular weight is 476 g/mol. The van der Waals surface area contributed by atoms with E-state index in [1.54, 1.807) is 19.2 Å². The fourth-order valence-electron chi connectivity index (χ4n) is 4.33. The Morgan fingerprint density at radius 3 is 2.38 bits per heavy atom. The molecule has 1 aromatic heterocycles. The van der Waals surface area contributed by atoms with Crippen molar-refractivity contribution in [1.82, 2.24) is 9.88 Å². The molecule has 0 saturated carbocycles. The molecule has 1 aliphatic heterocycles. The van der Waals surface area contributed by atoms with Crippen LogP contribution in [0.4, 0.5) is 10.1 Å². The number of amides is 1. The average Bonchev–Trinajstić information content (AvgIpc) is 3.22. The number of rotatable bonds is 6. The van der Waals surface area contributed by atoms with E-state index in [1.165, 1.54) is 23.9 Å². The summed E-state index contributed by atoms with van der Waals surface area (Å²) in [6, 6.07) is 22.5. The molecule has 4 aromatic rings. The minimum absolute atomic E-state index is 0.125. The lowest BCUT2D eigenvalue weighted by atomic mass is 10.1. The Hall–Kier alpha value is -3.45. The third-order valence-electron chi connectivity index (χ3n) is 6.21. The largest absolute Gasteiger partial charge is 0.497 e. The molecule has 7 heteroatoms. The molecule has 0 bridgehead atoms. The van der Waals surface area contributed by atoms with Crippen molar-refractivity contribution in [3.05, 3.63) is 84.2 Å². The predicted molar refractivity (Wildman–Crippen MR) is 134 cm³/mol. The van der Waals surface area contributed by atoms with Gasteiger partial charge in [0.05, 0.1) is 18.6 Å². The van der Waals surface area contributed by atoms with Gasteiger partial charge in [0.15, 0.2) is 0 Å². The van der Waals surface area contributed by atoms with Gasteiger partial charge >= 0.3 is 0 Å². The minimum Gasteiger partial charge on any atom is -0.497 e. The zero-order valence-corrected chi connectivity index (χ0v) is 19.8. The second kappa shape index (κ2) is 9.81. The molecule has 1 amide bonds. The summed E-state index contributed by atoms with van der Waals surface area (Å²) in [5.74, 6) is 0.705. The zero-order chi connectivity index (χ0) is 23.5. The van der Waals surface area contributed by atoms with Crippen molar-refractivity contribution < 1.29 is 13.9 Å². The molecule has 5 rings (SSSR count). The van der Waals surface area contributed by atoms with Gasteiger partial charge in [-0.2, -0.15) is 0 Å². The number of aromatic nitrogens is 1. The first-order chi connectivity index (χ1) is 16.6. The molecule has 0 radical (unpaired) electrons. The maximum atomic E-state index is 13.3. The van der Waals surface area contributed by atoms with Crippen LogP contribution >= 0.6 is 11.8 Å². The lowest BCUT2D eigenvalue weighted by Gasteiger charge is -2.36. The molecule has 2 heterocycles. The molecule has 0 atom stereocenters. The topological polar surface area (TPSA) is 48.6 Å². The van der Waals surface area contributed by atoms with Crippen molar-refractivity contribution in [3.63, 3.8) is 0 Å². The highest BCUT2D eigenvalue weighted by atomic mass is 32.2. The molecule has 1 fully saturated rings. The van der Waals surface area contributed by atoms with Gasteiger partial charge in [0.25, 0.3) is 0 Å². The summed E-state index contributed by atoms with van der Waals surface area (Å²) in [6.07, 6.45) is 0.329. The summed E-state index contributed by atoms with van der Waals surface area (Å²) in [4.78, 5) is 21.9. The maximum Gasteiger partial charge on any atom is 0.227 e. The monoisotopic (exact) mass is 475 g/mol. The molecule has 174 valence electrons. The normalized spacial score (nSPS) is 13.9. The fraction of sp³-hybridized carbons (Fsp3) is 0.222. The van der Waals surface area contributed by atoms with Crippen LogP contribution in [0.5, 0.6) is 5.75 Å². The molecule has 0 aliphatic carbocycles. The van der Waals surface area contributed by atoms with E-state index in [1.807, 2.05) is 41.3 Å². The Balaban J connectivity index is 1.30. The minimum atomic E-state index is -0.259. The van der Waals surface area contributed by atoms with E-state index in [2.05, 4.69) is 22.0 Å². The number of H-pyrrole nitrogens is 1. The van der Waals surface area contributed by atoms with Crippen LogP contribution in [0.15, 0.2) is 82.7 Å². The van der Waals surface area contributed by atoms with E-state index >= 15 is 0 Å². The summed E-state index contributed by atoms with van der Waals surface area (Å²) in [7, 11) is 1.66. The molecule has 1 aliphatic rings. The number of carbonyl (C=O) groups excluding carboxylic acids is 1. The van der Waals surface area contributed by atoms with E-state index in [4.69, 9.17) is 4.74 Å². The van der Waals surface area contributed by atoms with Crippen LogP contribution in [0.3, 0.4) is 0 Å². The van der Waals surface area contributed by atoms with E-state index < -0.39 is 0 Å². The van der Waals surface area contributed by atoms with Crippen LogP contribution in [0.1, 0.15) is 5.56 Å². The molecule has 3 aromatic carbocycles. The van der Waals surface area contributed by atoms with Crippen LogP contribution in [0.2, 0.25) is 0 Å². The number of piperazine rings is 1. The first-order valence-corrected chi connectivity index (χ1v) is 12.1. The second-order valence-corrected chi connectivity index (χ2v) is 9.36. The fourth-order valence-corrected chi connectivity index (χ4v) is 5.30. The zero-order valence-electron chi connectivity index (χ0n) is 19.0. The van der Waals surface area contributed by atoms with E-state index in [0.29, 0.717) is 19.5 Å². The van der Waals surface area contributed by atoms with Gasteiger partial charge in [-0.25, -0.2) is 4.39 Å². The van der Waals surface area contributed by atoms with E-state index in [0.717, 1.165) is 50.9 Å². The van der Waals surface area contributed by atoms with Gasteiger partial charge in [0.1, 0.15) is 11.6 Å². The molecule has 0 spiro atoms. The van der Waals surface area contributed by atoms with Crippen molar-refractivity contribution in [3.8, 4) is 5.75 Å². The maximum absolute atomic E-state index is 13.3. The van der Waals surface area contributed by atoms with Crippen LogP contribution < -0.4 is 9.64 Å². The number of nitrogens with one attached hydrogen (secondary N) is 1. The third-order valence-corrected chi connectivity index (χ3v) is 7.27. The third kappa shape index (κ3) is 4.75. The lowest BCUT2D eigenvalue weighted by Crippen LogP contribution is -2.49. The molecule has 0 unspecified atom stereocenters. The number of nitrogens with zero attached hydrogens (tertiary/aromatic N) is 2. The number of carbonyl (C=O) groups is 1. The highest BCUT2D eigenvalue weighted by Gasteiger charge is 2.24. The van der Waals surface area contributed by atoms with Crippen LogP contribution in [-0.4, -0.2) is 49.1 Å². The number of hydrogen-bond donors (Lipinski definition) is 1. The summed E-state index contributed by atoms with van der Waals surface area (Å²) in [5.41, 5.74) is 3.13. The number of anilines is 1. The van der Waals surface area contributed by atoms with Crippen molar-refractivity contribution in [1.29, 1.82) is 0 Å². The van der Waals surface area contributed by atoms with Gasteiger partial charge in [-0.3, -0.25) is 4.79 Å². The van der Waals surface area contributed by atoms with E-state index in [-0.39, 0.29) is 11.7 Å². The van der Waals surface area contributed by atoms with Crippen LogP contribution in [0.25, 0.3) is 10.9 Å². The second-order valence-electron chi connectivity index (χ2n) is 8.28. The number of halogens is 1. The van der Waals surface area contributed by atoms with Gasteiger partial charge in [-0.1, -0.05) is 30.0 Å². The van der Waals surface area contributed by atoms with Crippen molar-refractivity contribution >= 4 is 34.3 Å². The Labute approximate surface area is 202 Å². The smallest absolute Gasteiger partial charge is 0.227 e. The van der Waals surface area contributed by atoms with Gasteiger partial charge in [0, 0.05) is 53.2 Å². The van der Waals surface area contributed by atoms with Crippen molar-refractivity contribution in [2.24, 2.45) is 0 Å². The molecular weight excluding hydrogens is 449 g/mol. The Kier molecular flexibility index (Phi) is 6.45. The quantitative estimate of drug-likeness (QED) is 0.408. The number of benzene rings is 3. The molecule has 1 N–H and O–H groups in total. The molecule has 5 nitrogen and oxygen atoms in total.